The van der Waals surface area contributed by atoms with Gasteiger partial charge in [-0.2, -0.15) is 0 Å². The summed E-state index contributed by atoms with van der Waals surface area (Å²) in [6.07, 6.45) is 13.5. The molecule has 3 aliphatic rings. The van der Waals surface area contributed by atoms with Gasteiger partial charge in [0.15, 0.2) is 17.5 Å². The Hall–Kier alpha value is -1.25. The van der Waals surface area contributed by atoms with Gasteiger partial charge in [-0.15, -0.1) is 0 Å². The highest BCUT2D eigenvalue weighted by Crippen LogP contribution is 2.53. The van der Waals surface area contributed by atoms with Crippen LogP contribution in [0.1, 0.15) is 70.3 Å². The molecule has 0 saturated heterocycles. The SMILES string of the molecule is CCCC1CCC2C(CCC3C=C(c4cc(F)c(F)c(F)c4)CCC32)C1. The molecule has 4 rings (SSSR count). The van der Waals surface area contributed by atoms with Gasteiger partial charge in [-0.1, -0.05) is 32.3 Å². The number of hydrogen-bond donors (Lipinski definition) is 0. The third-order valence-corrected chi connectivity index (χ3v) is 7.33. The molecule has 1 aromatic carbocycles. The van der Waals surface area contributed by atoms with Crippen LogP contribution in [-0.4, -0.2) is 0 Å². The van der Waals surface area contributed by atoms with Crippen molar-refractivity contribution in [2.24, 2.45) is 29.6 Å². The minimum absolute atomic E-state index is 0.522. The fraction of sp³-hybridized carbons (Fsp3) is 0.652. The summed E-state index contributed by atoms with van der Waals surface area (Å²) in [4.78, 5) is 0. The van der Waals surface area contributed by atoms with Crippen molar-refractivity contribution in [2.45, 2.75) is 64.7 Å². The van der Waals surface area contributed by atoms with Gasteiger partial charge in [0.05, 0.1) is 0 Å². The Kier molecular flexibility index (Phi) is 5.16. The van der Waals surface area contributed by atoms with Crippen LogP contribution in [0.5, 0.6) is 0 Å². The zero-order chi connectivity index (χ0) is 18.3. The average molecular weight is 362 g/mol. The van der Waals surface area contributed by atoms with E-state index in [1.807, 2.05) is 0 Å². The first-order valence-corrected chi connectivity index (χ1v) is 10.4. The standard InChI is InChI=1S/C23H29F3/c1-2-3-14-4-8-19-16(10-14)5-6-17-11-15(7-9-20(17)19)18-12-21(24)23(26)22(25)13-18/h11-14,16-17,19-20H,2-10H2,1H3. The van der Waals surface area contributed by atoms with Gasteiger partial charge in [0.2, 0.25) is 0 Å². The summed E-state index contributed by atoms with van der Waals surface area (Å²) in [5, 5.41) is 0. The lowest BCUT2D eigenvalue weighted by atomic mass is 9.57. The maximum atomic E-state index is 13.6. The number of benzene rings is 1. The van der Waals surface area contributed by atoms with Gasteiger partial charge < -0.3 is 0 Å². The number of halogens is 3. The molecule has 1 aromatic rings. The largest absolute Gasteiger partial charge is 0.204 e. The van der Waals surface area contributed by atoms with Gasteiger partial charge in [-0.25, -0.2) is 13.2 Å². The second-order valence-corrected chi connectivity index (χ2v) is 8.78. The lowest BCUT2D eigenvalue weighted by Gasteiger charge is -2.49. The lowest BCUT2D eigenvalue weighted by Crippen LogP contribution is -2.39. The van der Waals surface area contributed by atoms with Crippen molar-refractivity contribution in [1.29, 1.82) is 0 Å². The summed E-state index contributed by atoms with van der Waals surface area (Å²) >= 11 is 0. The van der Waals surface area contributed by atoms with Crippen molar-refractivity contribution in [3.05, 3.63) is 41.2 Å². The van der Waals surface area contributed by atoms with E-state index in [1.54, 1.807) is 0 Å². The van der Waals surface area contributed by atoms with Crippen LogP contribution in [0.4, 0.5) is 13.2 Å². The van der Waals surface area contributed by atoms with Gasteiger partial charge in [0, 0.05) is 0 Å². The summed E-state index contributed by atoms with van der Waals surface area (Å²) in [5.41, 5.74) is 1.52. The molecule has 0 heterocycles. The molecule has 3 aliphatic carbocycles. The number of hydrogen-bond acceptors (Lipinski definition) is 0. The van der Waals surface area contributed by atoms with E-state index >= 15 is 0 Å². The molecule has 0 aromatic heterocycles. The molecule has 0 bridgehead atoms. The Labute approximate surface area is 154 Å². The molecule has 2 fully saturated rings. The molecule has 142 valence electrons. The van der Waals surface area contributed by atoms with Crippen molar-refractivity contribution in [2.75, 3.05) is 0 Å². The highest BCUT2D eigenvalue weighted by Gasteiger charge is 2.42. The maximum Gasteiger partial charge on any atom is 0.194 e. The second-order valence-electron chi connectivity index (χ2n) is 8.78. The van der Waals surface area contributed by atoms with Crippen molar-refractivity contribution in [3.63, 3.8) is 0 Å². The third kappa shape index (κ3) is 3.34. The Morgan fingerprint density at radius 2 is 1.69 bits per heavy atom. The summed E-state index contributed by atoms with van der Waals surface area (Å²) in [7, 11) is 0. The molecule has 5 atom stereocenters. The van der Waals surface area contributed by atoms with Crippen molar-refractivity contribution in [1.82, 2.24) is 0 Å². The Balaban J connectivity index is 1.51. The fourth-order valence-electron chi connectivity index (χ4n) is 6.17. The average Bonchev–Trinajstić information content (AvgIpc) is 2.65. The van der Waals surface area contributed by atoms with E-state index in [1.165, 1.54) is 44.9 Å². The van der Waals surface area contributed by atoms with Crippen LogP contribution >= 0.6 is 0 Å². The highest BCUT2D eigenvalue weighted by molar-refractivity contribution is 5.67. The molecule has 0 N–H and O–H groups in total. The molecular weight excluding hydrogens is 333 g/mol. The van der Waals surface area contributed by atoms with E-state index in [4.69, 9.17) is 0 Å². The van der Waals surface area contributed by atoms with E-state index in [0.29, 0.717) is 11.5 Å². The van der Waals surface area contributed by atoms with E-state index in [-0.39, 0.29) is 0 Å². The van der Waals surface area contributed by atoms with Crippen molar-refractivity contribution < 1.29 is 13.2 Å². The predicted molar refractivity (Wildman–Crippen MR) is 99.0 cm³/mol. The fourth-order valence-corrected chi connectivity index (χ4v) is 6.17. The van der Waals surface area contributed by atoms with Crippen LogP contribution in [0, 0.1) is 47.0 Å². The smallest absolute Gasteiger partial charge is 0.194 e. The van der Waals surface area contributed by atoms with Gasteiger partial charge in [0.25, 0.3) is 0 Å². The molecule has 3 heteroatoms. The highest BCUT2D eigenvalue weighted by atomic mass is 19.2. The number of rotatable bonds is 3. The molecule has 0 radical (unpaired) electrons. The first-order valence-electron chi connectivity index (χ1n) is 10.4. The lowest BCUT2D eigenvalue weighted by molar-refractivity contribution is 0.0416. The monoisotopic (exact) mass is 362 g/mol. The molecule has 0 spiro atoms. The van der Waals surface area contributed by atoms with Crippen LogP contribution < -0.4 is 0 Å². The molecule has 0 amide bonds. The van der Waals surface area contributed by atoms with Gasteiger partial charge in [0.1, 0.15) is 0 Å². The first-order chi connectivity index (χ1) is 12.6. The van der Waals surface area contributed by atoms with E-state index in [0.717, 1.165) is 54.2 Å². The van der Waals surface area contributed by atoms with Crippen molar-refractivity contribution in [3.8, 4) is 0 Å². The quantitative estimate of drug-likeness (QED) is 0.501. The minimum atomic E-state index is -1.37. The van der Waals surface area contributed by atoms with Crippen LogP contribution in [-0.2, 0) is 0 Å². The number of allylic oxidation sites excluding steroid dienone is 2. The van der Waals surface area contributed by atoms with Crippen molar-refractivity contribution >= 4 is 5.57 Å². The maximum absolute atomic E-state index is 13.6. The van der Waals surface area contributed by atoms with E-state index < -0.39 is 17.5 Å². The zero-order valence-electron chi connectivity index (χ0n) is 15.6. The summed E-state index contributed by atoms with van der Waals surface area (Å²) in [6, 6.07) is 2.32. The Bertz CT molecular complexity index is 670. The topological polar surface area (TPSA) is 0 Å². The van der Waals surface area contributed by atoms with Gasteiger partial charge in [-0.3, -0.25) is 0 Å². The molecule has 2 saturated carbocycles. The first kappa shape index (κ1) is 18.1. The summed E-state index contributed by atoms with van der Waals surface area (Å²) < 4.78 is 40.5. The second kappa shape index (κ2) is 7.40. The minimum Gasteiger partial charge on any atom is -0.204 e. The van der Waals surface area contributed by atoms with Crippen LogP contribution in [0.2, 0.25) is 0 Å². The van der Waals surface area contributed by atoms with E-state index in [9.17, 15) is 13.2 Å². The normalized spacial score (nSPS) is 34.0. The Morgan fingerprint density at radius 1 is 0.923 bits per heavy atom. The molecule has 5 unspecified atom stereocenters. The Morgan fingerprint density at radius 3 is 2.42 bits per heavy atom. The molecule has 26 heavy (non-hydrogen) atoms. The summed E-state index contributed by atoms with van der Waals surface area (Å²) in [5.74, 6) is 0.375. The molecule has 0 nitrogen and oxygen atoms in total. The van der Waals surface area contributed by atoms with Gasteiger partial charge in [-0.05, 0) is 91.4 Å². The zero-order valence-corrected chi connectivity index (χ0v) is 15.6. The number of fused-ring (bicyclic) bond motifs is 3. The van der Waals surface area contributed by atoms with Crippen LogP contribution in [0.3, 0.4) is 0 Å². The molecule has 0 aliphatic heterocycles. The van der Waals surface area contributed by atoms with Crippen LogP contribution in [0.15, 0.2) is 18.2 Å². The molecular formula is C23H29F3. The summed E-state index contributed by atoms with van der Waals surface area (Å²) in [6.45, 7) is 2.29. The predicted octanol–water partition coefficient (Wildman–Crippen LogP) is 7.14. The van der Waals surface area contributed by atoms with Gasteiger partial charge >= 0.3 is 0 Å². The third-order valence-electron chi connectivity index (χ3n) is 7.33. The van der Waals surface area contributed by atoms with E-state index in [2.05, 4.69) is 13.0 Å². The van der Waals surface area contributed by atoms with Crippen LogP contribution in [0.25, 0.3) is 5.57 Å².